The number of nitrogens with one attached hydrogen (secondary N) is 2. The van der Waals surface area contributed by atoms with Crippen LogP contribution < -0.4 is 10.6 Å². The van der Waals surface area contributed by atoms with Crippen molar-refractivity contribution in [1.82, 2.24) is 10.2 Å². The lowest BCUT2D eigenvalue weighted by molar-refractivity contribution is -0.134. The van der Waals surface area contributed by atoms with Crippen LogP contribution in [0.1, 0.15) is 48.9 Å². The van der Waals surface area contributed by atoms with Gasteiger partial charge in [-0.15, -0.1) is 0 Å². The normalized spacial score (nSPS) is 20.3. The van der Waals surface area contributed by atoms with Crippen molar-refractivity contribution < 1.29 is 14.4 Å². The van der Waals surface area contributed by atoms with Gasteiger partial charge in [-0.25, -0.2) is 4.79 Å². The van der Waals surface area contributed by atoms with Gasteiger partial charge in [-0.3, -0.25) is 14.5 Å². The predicted molar refractivity (Wildman–Crippen MR) is 115 cm³/mol. The van der Waals surface area contributed by atoms with Crippen molar-refractivity contribution in [2.75, 3.05) is 11.9 Å². The molecule has 0 bridgehead atoms. The molecular formula is C24H27N3O3. The van der Waals surface area contributed by atoms with E-state index in [0.29, 0.717) is 6.42 Å². The number of aryl methyl sites for hydroxylation is 3. The highest BCUT2D eigenvalue weighted by Crippen LogP contribution is 2.39. The van der Waals surface area contributed by atoms with E-state index in [-0.39, 0.29) is 18.4 Å². The van der Waals surface area contributed by atoms with Gasteiger partial charge in [-0.05, 0) is 54.4 Å². The van der Waals surface area contributed by atoms with Gasteiger partial charge in [0.2, 0.25) is 5.91 Å². The SMILES string of the molecule is CCc1cccc(CC)c1NC(=O)CN1C(=O)N[C@]2(CCCc3ccccc32)C1=O. The minimum atomic E-state index is -1.05. The van der Waals surface area contributed by atoms with Crippen LogP contribution in [0.2, 0.25) is 0 Å². The minimum Gasteiger partial charge on any atom is -0.324 e. The third kappa shape index (κ3) is 3.26. The zero-order valence-electron chi connectivity index (χ0n) is 17.5. The maximum Gasteiger partial charge on any atom is 0.325 e. The summed E-state index contributed by atoms with van der Waals surface area (Å²) in [5.41, 5.74) is 3.74. The molecule has 0 unspecified atom stereocenters. The molecule has 1 heterocycles. The van der Waals surface area contributed by atoms with Crippen LogP contribution in [0.25, 0.3) is 0 Å². The van der Waals surface area contributed by atoms with Crippen molar-refractivity contribution in [3.8, 4) is 0 Å². The maximum absolute atomic E-state index is 13.4. The van der Waals surface area contributed by atoms with Gasteiger partial charge in [0.15, 0.2) is 0 Å². The van der Waals surface area contributed by atoms with Crippen LogP contribution in [-0.4, -0.2) is 29.3 Å². The fourth-order valence-corrected chi connectivity index (χ4v) is 4.68. The lowest BCUT2D eigenvalue weighted by Gasteiger charge is -2.33. The summed E-state index contributed by atoms with van der Waals surface area (Å²) in [7, 11) is 0. The molecule has 2 aromatic rings. The van der Waals surface area contributed by atoms with Crippen LogP contribution in [0.5, 0.6) is 0 Å². The van der Waals surface area contributed by atoms with Crippen LogP contribution in [0, 0.1) is 0 Å². The van der Waals surface area contributed by atoms with Crippen LogP contribution in [0.4, 0.5) is 10.5 Å². The van der Waals surface area contributed by atoms with E-state index >= 15 is 0 Å². The van der Waals surface area contributed by atoms with Crippen molar-refractivity contribution in [2.24, 2.45) is 0 Å². The molecule has 0 radical (unpaired) electrons. The largest absolute Gasteiger partial charge is 0.325 e. The van der Waals surface area contributed by atoms with Gasteiger partial charge in [-0.1, -0.05) is 56.3 Å². The summed E-state index contributed by atoms with van der Waals surface area (Å²) in [4.78, 5) is 39.9. The third-order valence-electron chi connectivity index (χ3n) is 6.22. The first-order chi connectivity index (χ1) is 14.5. The molecule has 156 valence electrons. The Morgan fingerprint density at radius 2 is 1.77 bits per heavy atom. The molecule has 1 aliphatic heterocycles. The summed E-state index contributed by atoms with van der Waals surface area (Å²) in [6.07, 6.45) is 3.81. The summed E-state index contributed by atoms with van der Waals surface area (Å²) >= 11 is 0. The Labute approximate surface area is 176 Å². The van der Waals surface area contributed by atoms with Gasteiger partial charge in [0.1, 0.15) is 12.1 Å². The lowest BCUT2D eigenvalue weighted by atomic mass is 9.76. The Hall–Kier alpha value is -3.15. The number of carbonyl (C=O) groups is 3. The molecule has 6 heteroatoms. The number of rotatable bonds is 5. The molecule has 2 aromatic carbocycles. The molecular weight excluding hydrogens is 378 g/mol. The van der Waals surface area contributed by atoms with Gasteiger partial charge >= 0.3 is 6.03 Å². The Morgan fingerprint density at radius 3 is 2.47 bits per heavy atom. The molecule has 1 saturated heterocycles. The van der Waals surface area contributed by atoms with Crippen molar-refractivity contribution >= 4 is 23.5 Å². The Bertz CT molecular complexity index is 994. The smallest absolute Gasteiger partial charge is 0.324 e. The van der Waals surface area contributed by atoms with Gasteiger partial charge in [0.25, 0.3) is 5.91 Å². The van der Waals surface area contributed by atoms with E-state index in [0.717, 1.165) is 58.5 Å². The van der Waals surface area contributed by atoms with Gasteiger partial charge in [0.05, 0.1) is 0 Å². The molecule has 2 N–H and O–H groups in total. The lowest BCUT2D eigenvalue weighted by Crippen LogP contribution is -2.47. The van der Waals surface area contributed by atoms with E-state index in [1.807, 2.05) is 56.3 Å². The highest BCUT2D eigenvalue weighted by atomic mass is 16.2. The molecule has 2 aliphatic rings. The number of imide groups is 1. The Balaban J connectivity index is 1.57. The Morgan fingerprint density at radius 1 is 1.07 bits per heavy atom. The number of hydrogen-bond donors (Lipinski definition) is 2. The zero-order chi connectivity index (χ0) is 21.3. The van der Waals surface area contributed by atoms with Gasteiger partial charge < -0.3 is 10.6 Å². The maximum atomic E-state index is 13.4. The Kier molecular flexibility index (Phi) is 5.33. The number of benzene rings is 2. The standard InChI is InChI=1S/C24H27N3O3/c1-3-16-10-7-11-17(4-2)21(16)25-20(28)15-27-22(29)24(26-23(27)30)14-8-12-18-9-5-6-13-19(18)24/h5-7,9-11,13H,3-4,8,12,14-15H2,1-2H3,(H,25,28)(H,26,30)/t24-/m0/s1. The number of hydrogen-bond acceptors (Lipinski definition) is 3. The summed E-state index contributed by atoms with van der Waals surface area (Å²) < 4.78 is 0. The predicted octanol–water partition coefficient (Wildman–Crippen LogP) is 3.53. The molecule has 1 fully saturated rings. The molecule has 0 aromatic heterocycles. The van der Waals surface area contributed by atoms with E-state index in [9.17, 15) is 14.4 Å². The molecule has 30 heavy (non-hydrogen) atoms. The van der Waals surface area contributed by atoms with E-state index in [1.54, 1.807) is 0 Å². The summed E-state index contributed by atoms with van der Waals surface area (Å²) in [6, 6.07) is 13.2. The topological polar surface area (TPSA) is 78.5 Å². The van der Waals surface area contributed by atoms with Crippen LogP contribution in [0.15, 0.2) is 42.5 Å². The van der Waals surface area contributed by atoms with Gasteiger partial charge in [-0.2, -0.15) is 0 Å². The second kappa shape index (κ2) is 7.94. The van der Waals surface area contributed by atoms with Crippen LogP contribution in [0.3, 0.4) is 0 Å². The molecule has 1 atom stereocenters. The number of amides is 4. The molecule has 4 rings (SSSR count). The van der Waals surface area contributed by atoms with Crippen LogP contribution >= 0.6 is 0 Å². The third-order valence-corrected chi connectivity index (χ3v) is 6.22. The van der Waals surface area contributed by atoms with E-state index in [2.05, 4.69) is 10.6 Å². The number of anilines is 1. The van der Waals surface area contributed by atoms with Crippen molar-refractivity contribution in [2.45, 2.75) is 51.5 Å². The van der Waals surface area contributed by atoms with Crippen LogP contribution in [-0.2, 0) is 34.4 Å². The van der Waals surface area contributed by atoms with E-state index in [4.69, 9.17) is 0 Å². The fraction of sp³-hybridized carbons (Fsp3) is 0.375. The first-order valence-corrected chi connectivity index (χ1v) is 10.6. The zero-order valence-corrected chi connectivity index (χ0v) is 17.5. The average molecular weight is 405 g/mol. The first-order valence-electron chi connectivity index (χ1n) is 10.6. The number of fused-ring (bicyclic) bond motifs is 2. The average Bonchev–Trinajstić information content (AvgIpc) is 2.99. The van der Waals surface area contributed by atoms with E-state index < -0.39 is 11.6 Å². The number of carbonyl (C=O) groups excluding carboxylic acids is 3. The van der Waals surface area contributed by atoms with Crippen molar-refractivity contribution in [1.29, 1.82) is 0 Å². The van der Waals surface area contributed by atoms with Crippen molar-refractivity contribution in [3.05, 3.63) is 64.7 Å². The van der Waals surface area contributed by atoms with Gasteiger partial charge in [0, 0.05) is 5.69 Å². The molecule has 1 aliphatic carbocycles. The quantitative estimate of drug-likeness (QED) is 0.747. The number of urea groups is 1. The second-order valence-electron chi connectivity index (χ2n) is 7.94. The number of para-hydroxylation sites is 1. The molecule has 6 nitrogen and oxygen atoms in total. The highest BCUT2D eigenvalue weighted by molar-refractivity contribution is 6.10. The summed E-state index contributed by atoms with van der Waals surface area (Å²) in [5, 5.41) is 5.84. The molecule has 4 amide bonds. The molecule has 0 saturated carbocycles. The second-order valence-corrected chi connectivity index (χ2v) is 7.94. The highest BCUT2D eigenvalue weighted by Gasteiger charge is 2.54. The minimum absolute atomic E-state index is 0.296. The molecule has 1 spiro atoms. The number of nitrogens with zero attached hydrogens (tertiary/aromatic N) is 1. The fourth-order valence-electron chi connectivity index (χ4n) is 4.68. The summed E-state index contributed by atoms with van der Waals surface area (Å²) in [6.45, 7) is 3.77. The summed E-state index contributed by atoms with van der Waals surface area (Å²) in [5.74, 6) is -0.704. The first kappa shape index (κ1) is 20.1. The van der Waals surface area contributed by atoms with E-state index in [1.165, 1.54) is 0 Å². The monoisotopic (exact) mass is 405 g/mol. The van der Waals surface area contributed by atoms with Crippen molar-refractivity contribution in [3.63, 3.8) is 0 Å².